The maximum absolute atomic E-state index is 12.4. The zero-order valence-corrected chi connectivity index (χ0v) is 10.1. The molecule has 2 aromatic heterocycles. The van der Waals surface area contributed by atoms with Gasteiger partial charge in [0.15, 0.2) is 0 Å². The summed E-state index contributed by atoms with van der Waals surface area (Å²) in [6, 6.07) is 7.42. The van der Waals surface area contributed by atoms with Crippen LogP contribution in [-0.4, -0.2) is 19.5 Å². The Labute approximate surface area is 112 Å². The zero-order valence-electron chi connectivity index (χ0n) is 10.1. The van der Waals surface area contributed by atoms with Gasteiger partial charge >= 0.3 is 0 Å². The number of nitro groups is 1. The van der Waals surface area contributed by atoms with Crippen molar-refractivity contribution in [2.75, 3.05) is 0 Å². The Morgan fingerprint density at radius 1 is 1.25 bits per heavy atom. The molecule has 20 heavy (non-hydrogen) atoms. The largest absolute Gasteiger partial charge is 0.270 e. The number of pyridine rings is 1. The third kappa shape index (κ3) is 1.91. The van der Waals surface area contributed by atoms with Gasteiger partial charge < -0.3 is 0 Å². The predicted molar refractivity (Wildman–Crippen MR) is 71.8 cm³/mol. The summed E-state index contributed by atoms with van der Waals surface area (Å²) in [6.07, 6.45) is 4.49. The van der Waals surface area contributed by atoms with Crippen LogP contribution in [0.3, 0.4) is 0 Å². The third-order valence-electron chi connectivity index (χ3n) is 2.88. The van der Waals surface area contributed by atoms with Gasteiger partial charge in [0.05, 0.1) is 27.7 Å². The van der Waals surface area contributed by atoms with Crippen LogP contribution in [0.5, 0.6) is 0 Å². The molecule has 0 aliphatic rings. The lowest BCUT2D eigenvalue weighted by Gasteiger charge is -2.05. The first-order chi connectivity index (χ1) is 9.66. The van der Waals surface area contributed by atoms with Crippen molar-refractivity contribution in [3.63, 3.8) is 0 Å². The molecule has 0 atom stereocenters. The van der Waals surface area contributed by atoms with Crippen LogP contribution in [0, 0.1) is 10.1 Å². The molecule has 0 spiro atoms. The van der Waals surface area contributed by atoms with Crippen molar-refractivity contribution < 1.29 is 4.92 Å². The Balaban J connectivity index is 2.29. The van der Waals surface area contributed by atoms with E-state index in [9.17, 15) is 14.9 Å². The first-order valence-electron chi connectivity index (χ1n) is 5.73. The molecule has 0 N–H and O–H groups in total. The minimum atomic E-state index is -0.541. The Morgan fingerprint density at radius 2 is 2.10 bits per heavy atom. The maximum Gasteiger partial charge on any atom is 0.270 e. The molecule has 7 nitrogen and oxygen atoms in total. The van der Waals surface area contributed by atoms with Crippen molar-refractivity contribution in [1.82, 2.24) is 14.5 Å². The molecule has 7 heteroatoms. The zero-order chi connectivity index (χ0) is 14.1. The number of nitrogens with zero attached hydrogens (tertiary/aromatic N) is 4. The van der Waals surface area contributed by atoms with E-state index in [1.165, 1.54) is 35.3 Å². The molecule has 1 aromatic carbocycles. The highest BCUT2D eigenvalue weighted by molar-refractivity contribution is 5.80. The molecule has 0 bridgehead atoms. The van der Waals surface area contributed by atoms with Crippen molar-refractivity contribution in [1.29, 1.82) is 0 Å². The average Bonchev–Trinajstić information content (AvgIpc) is 2.48. The van der Waals surface area contributed by atoms with E-state index in [0.29, 0.717) is 11.2 Å². The fourth-order valence-electron chi connectivity index (χ4n) is 1.90. The molecule has 0 saturated heterocycles. The Hall–Kier alpha value is -3.09. The monoisotopic (exact) mass is 268 g/mol. The smallest absolute Gasteiger partial charge is 0.268 e. The second-order valence-electron chi connectivity index (χ2n) is 4.09. The normalized spacial score (nSPS) is 10.6. The summed E-state index contributed by atoms with van der Waals surface area (Å²) < 4.78 is 1.30. The lowest BCUT2D eigenvalue weighted by atomic mass is 10.2. The summed E-state index contributed by atoms with van der Waals surface area (Å²) in [6.45, 7) is 0. The Bertz CT molecular complexity index is 858. The molecule has 0 amide bonds. The van der Waals surface area contributed by atoms with Gasteiger partial charge in [0.1, 0.15) is 6.33 Å². The minimum absolute atomic E-state index is 0.139. The summed E-state index contributed by atoms with van der Waals surface area (Å²) >= 11 is 0. The van der Waals surface area contributed by atoms with Crippen LogP contribution in [0.1, 0.15) is 0 Å². The van der Waals surface area contributed by atoms with Crippen LogP contribution in [0.25, 0.3) is 16.6 Å². The number of aromatic nitrogens is 3. The van der Waals surface area contributed by atoms with Crippen molar-refractivity contribution >= 4 is 16.6 Å². The standard InChI is InChI=1S/C13H8N4O3/c18-13-11-6-9(17(19)20)3-4-12(11)15-8-16(13)10-2-1-5-14-7-10/h1-8H. The summed E-state index contributed by atoms with van der Waals surface area (Å²) in [5, 5.41) is 11.0. The molecule has 0 saturated carbocycles. The van der Waals surface area contributed by atoms with Gasteiger partial charge in [-0.05, 0) is 18.2 Å². The topological polar surface area (TPSA) is 90.9 Å². The third-order valence-corrected chi connectivity index (χ3v) is 2.88. The van der Waals surface area contributed by atoms with Gasteiger partial charge in [0.25, 0.3) is 11.2 Å². The van der Waals surface area contributed by atoms with Crippen molar-refractivity contribution in [2.45, 2.75) is 0 Å². The van der Waals surface area contributed by atoms with Gasteiger partial charge in [-0.1, -0.05) is 0 Å². The number of nitro benzene ring substituents is 1. The lowest BCUT2D eigenvalue weighted by Crippen LogP contribution is -2.19. The minimum Gasteiger partial charge on any atom is -0.268 e. The molecule has 0 fully saturated rings. The number of rotatable bonds is 2. The highest BCUT2D eigenvalue weighted by atomic mass is 16.6. The number of non-ortho nitro benzene ring substituents is 1. The maximum atomic E-state index is 12.4. The molecule has 0 radical (unpaired) electrons. The van der Waals surface area contributed by atoms with Crippen LogP contribution in [0.2, 0.25) is 0 Å². The van der Waals surface area contributed by atoms with E-state index in [0.717, 1.165) is 0 Å². The van der Waals surface area contributed by atoms with E-state index >= 15 is 0 Å². The lowest BCUT2D eigenvalue weighted by molar-refractivity contribution is -0.384. The van der Waals surface area contributed by atoms with E-state index in [2.05, 4.69) is 9.97 Å². The molecule has 0 unspecified atom stereocenters. The van der Waals surface area contributed by atoms with Crippen molar-refractivity contribution in [3.8, 4) is 5.69 Å². The quantitative estimate of drug-likeness (QED) is 0.521. The molecule has 0 aliphatic carbocycles. The van der Waals surface area contributed by atoms with Crippen LogP contribution >= 0.6 is 0 Å². The van der Waals surface area contributed by atoms with Gasteiger partial charge in [-0.15, -0.1) is 0 Å². The van der Waals surface area contributed by atoms with Crippen LogP contribution in [0.15, 0.2) is 53.8 Å². The van der Waals surface area contributed by atoms with E-state index < -0.39 is 4.92 Å². The summed E-state index contributed by atoms with van der Waals surface area (Å²) in [5.41, 5.74) is 0.464. The number of fused-ring (bicyclic) bond motifs is 1. The molecule has 0 aliphatic heterocycles. The Morgan fingerprint density at radius 3 is 2.80 bits per heavy atom. The van der Waals surface area contributed by atoms with Gasteiger partial charge in [0.2, 0.25) is 0 Å². The molecule has 98 valence electrons. The predicted octanol–water partition coefficient (Wildman–Crippen LogP) is 1.69. The summed E-state index contributed by atoms with van der Waals surface area (Å²) in [5.74, 6) is 0. The average molecular weight is 268 g/mol. The second-order valence-corrected chi connectivity index (χ2v) is 4.09. The molecule has 2 heterocycles. The summed E-state index contributed by atoms with van der Waals surface area (Å²) in [7, 11) is 0. The first-order valence-corrected chi connectivity index (χ1v) is 5.73. The van der Waals surface area contributed by atoms with Crippen LogP contribution < -0.4 is 5.56 Å². The van der Waals surface area contributed by atoms with E-state index in [1.54, 1.807) is 18.3 Å². The van der Waals surface area contributed by atoms with Gasteiger partial charge in [-0.2, -0.15) is 0 Å². The number of benzene rings is 1. The molecule has 3 rings (SSSR count). The molecular formula is C13H8N4O3. The fraction of sp³-hybridized carbons (Fsp3) is 0. The number of hydrogen-bond acceptors (Lipinski definition) is 5. The van der Waals surface area contributed by atoms with E-state index in [-0.39, 0.29) is 16.6 Å². The second kappa shape index (κ2) is 4.54. The van der Waals surface area contributed by atoms with Gasteiger partial charge in [-0.25, -0.2) is 4.98 Å². The fourth-order valence-corrected chi connectivity index (χ4v) is 1.90. The molecular weight excluding hydrogens is 260 g/mol. The van der Waals surface area contributed by atoms with Gasteiger partial charge in [0, 0.05) is 18.3 Å². The highest BCUT2D eigenvalue weighted by Crippen LogP contribution is 2.16. The number of hydrogen-bond donors (Lipinski definition) is 0. The van der Waals surface area contributed by atoms with Crippen molar-refractivity contribution in [3.05, 3.63) is 69.5 Å². The highest BCUT2D eigenvalue weighted by Gasteiger charge is 2.11. The van der Waals surface area contributed by atoms with E-state index in [1.807, 2.05) is 0 Å². The van der Waals surface area contributed by atoms with Crippen LogP contribution in [-0.2, 0) is 0 Å². The SMILES string of the molecule is O=c1c2cc([N+](=O)[O-])ccc2ncn1-c1cccnc1. The van der Waals surface area contributed by atoms with Crippen LogP contribution in [0.4, 0.5) is 5.69 Å². The summed E-state index contributed by atoms with van der Waals surface area (Å²) in [4.78, 5) is 30.7. The van der Waals surface area contributed by atoms with Gasteiger partial charge in [-0.3, -0.25) is 24.5 Å². The molecule has 3 aromatic rings. The first kappa shape index (κ1) is 12.0. The van der Waals surface area contributed by atoms with E-state index in [4.69, 9.17) is 0 Å². The Kier molecular flexibility index (Phi) is 2.72. The van der Waals surface area contributed by atoms with Crippen molar-refractivity contribution in [2.24, 2.45) is 0 Å².